The number of hydrogen-bond acceptors (Lipinski definition) is 5. The summed E-state index contributed by atoms with van der Waals surface area (Å²) in [6, 6.07) is 4.53. The van der Waals surface area contributed by atoms with Crippen molar-refractivity contribution in [1.82, 2.24) is 10.6 Å². The van der Waals surface area contributed by atoms with Gasteiger partial charge < -0.3 is 15.5 Å². The molecule has 20 heavy (non-hydrogen) atoms. The first-order valence-electron chi connectivity index (χ1n) is 6.43. The molecule has 0 unspecified atom stereocenters. The van der Waals surface area contributed by atoms with Crippen LogP contribution < -0.4 is 15.5 Å². The lowest BCUT2D eigenvalue weighted by Crippen LogP contribution is -2.28. The standard InChI is InChI=1S/C13H20N4O3/c1-4-15-13(18)10-5-6-11(12(9-10)17(19)20)16(3)8-7-14-2/h5-6,9,14H,4,7-8H2,1-3H3,(H,15,18). The van der Waals surface area contributed by atoms with Gasteiger partial charge in [0.1, 0.15) is 5.69 Å². The van der Waals surface area contributed by atoms with Gasteiger partial charge in [0.15, 0.2) is 0 Å². The zero-order valence-corrected chi connectivity index (χ0v) is 12.0. The van der Waals surface area contributed by atoms with Crippen LogP contribution in [0.1, 0.15) is 17.3 Å². The molecule has 0 saturated heterocycles. The third-order valence-corrected chi connectivity index (χ3v) is 2.88. The molecule has 0 aliphatic rings. The second-order valence-electron chi connectivity index (χ2n) is 4.35. The number of nitrogens with one attached hydrogen (secondary N) is 2. The van der Waals surface area contributed by atoms with Crippen LogP contribution in [0.25, 0.3) is 0 Å². The molecule has 7 nitrogen and oxygen atoms in total. The second kappa shape index (κ2) is 7.44. The Morgan fingerprint density at radius 3 is 2.70 bits per heavy atom. The minimum atomic E-state index is -0.464. The van der Waals surface area contributed by atoms with Crippen molar-refractivity contribution in [2.75, 3.05) is 38.6 Å². The highest BCUT2D eigenvalue weighted by Crippen LogP contribution is 2.28. The van der Waals surface area contributed by atoms with E-state index in [1.165, 1.54) is 6.07 Å². The van der Waals surface area contributed by atoms with Crippen LogP contribution in [-0.2, 0) is 0 Å². The Labute approximate surface area is 118 Å². The van der Waals surface area contributed by atoms with Gasteiger partial charge in [-0.3, -0.25) is 14.9 Å². The van der Waals surface area contributed by atoms with Crippen LogP contribution in [0, 0.1) is 10.1 Å². The number of hydrogen-bond donors (Lipinski definition) is 2. The van der Waals surface area contributed by atoms with Gasteiger partial charge in [-0.25, -0.2) is 0 Å². The highest BCUT2D eigenvalue weighted by atomic mass is 16.6. The smallest absolute Gasteiger partial charge is 0.293 e. The van der Waals surface area contributed by atoms with Crippen molar-refractivity contribution < 1.29 is 9.72 Å². The number of anilines is 1. The molecule has 1 aromatic rings. The Morgan fingerprint density at radius 1 is 1.45 bits per heavy atom. The van der Waals surface area contributed by atoms with Gasteiger partial charge in [-0.2, -0.15) is 0 Å². The van der Waals surface area contributed by atoms with Crippen LogP contribution in [0.2, 0.25) is 0 Å². The summed E-state index contributed by atoms with van der Waals surface area (Å²) in [5, 5.41) is 16.8. The maximum Gasteiger partial charge on any atom is 0.293 e. The second-order valence-corrected chi connectivity index (χ2v) is 4.35. The van der Waals surface area contributed by atoms with Gasteiger partial charge in [0, 0.05) is 38.3 Å². The number of nitro groups is 1. The number of benzene rings is 1. The number of rotatable bonds is 7. The highest BCUT2D eigenvalue weighted by Gasteiger charge is 2.19. The molecule has 2 N–H and O–H groups in total. The molecule has 1 aromatic carbocycles. The van der Waals surface area contributed by atoms with Crippen LogP contribution >= 0.6 is 0 Å². The van der Waals surface area contributed by atoms with Gasteiger partial charge in [0.05, 0.1) is 4.92 Å². The summed E-state index contributed by atoms with van der Waals surface area (Å²) in [7, 11) is 3.60. The van der Waals surface area contributed by atoms with Crippen LogP contribution in [0.3, 0.4) is 0 Å². The summed E-state index contributed by atoms with van der Waals surface area (Å²) in [5.41, 5.74) is 0.731. The van der Waals surface area contributed by atoms with E-state index in [1.54, 1.807) is 31.0 Å². The molecule has 0 saturated carbocycles. The number of nitro benzene ring substituents is 1. The largest absolute Gasteiger partial charge is 0.368 e. The predicted octanol–water partition coefficient (Wildman–Crippen LogP) is 1.00. The van der Waals surface area contributed by atoms with Gasteiger partial charge in [-0.15, -0.1) is 0 Å². The van der Waals surface area contributed by atoms with E-state index in [0.717, 1.165) is 0 Å². The fraction of sp³-hybridized carbons (Fsp3) is 0.462. The SMILES string of the molecule is CCNC(=O)c1ccc(N(C)CCNC)c([N+](=O)[O-])c1. The van der Waals surface area contributed by atoms with Crippen LogP contribution in [0.5, 0.6) is 0 Å². The number of carbonyl (C=O) groups is 1. The summed E-state index contributed by atoms with van der Waals surface area (Å²) < 4.78 is 0. The van der Waals surface area contributed by atoms with Crippen molar-refractivity contribution in [3.8, 4) is 0 Å². The van der Waals surface area contributed by atoms with Gasteiger partial charge >= 0.3 is 0 Å². The number of carbonyl (C=O) groups excluding carboxylic acids is 1. The lowest BCUT2D eigenvalue weighted by Gasteiger charge is -2.19. The fourth-order valence-corrected chi connectivity index (χ4v) is 1.80. The van der Waals surface area contributed by atoms with Crippen molar-refractivity contribution >= 4 is 17.3 Å². The first-order chi connectivity index (χ1) is 9.51. The third-order valence-electron chi connectivity index (χ3n) is 2.88. The Morgan fingerprint density at radius 2 is 2.15 bits per heavy atom. The van der Waals surface area contributed by atoms with E-state index in [4.69, 9.17) is 0 Å². The van der Waals surface area contributed by atoms with E-state index in [0.29, 0.717) is 30.9 Å². The molecule has 7 heteroatoms. The molecule has 0 bridgehead atoms. The van der Waals surface area contributed by atoms with Crippen molar-refractivity contribution in [3.05, 3.63) is 33.9 Å². The Hall–Kier alpha value is -2.15. The molecule has 0 aromatic heterocycles. The minimum absolute atomic E-state index is 0.0626. The molecule has 0 fully saturated rings. The van der Waals surface area contributed by atoms with Gasteiger partial charge in [0.2, 0.25) is 0 Å². The van der Waals surface area contributed by atoms with Crippen molar-refractivity contribution in [3.63, 3.8) is 0 Å². The highest BCUT2D eigenvalue weighted by molar-refractivity contribution is 5.95. The van der Waals surface area contributed by atoms with Crippen molar-refractivity contribution in [2.24, 2.45) is 0 Å². The number of amides is 1. The normalized spacial score (nSPS) is 10.2. The summed E-state index contributed by atoms with van der Waals surface area (Å²) in [6.07, 6.45) is 0. The molecule has 0 heterocycles. The maximum atomic E-state index is 11.7. The molecule has 1 rings (SSSR count). The average Bonchev–Trinajstić information content (AvgIpc) is 2.44. The quantitative estimate of drug-likeness (QED) is 0.574. The Kier molecular flexibility index (Phi) is 5.92. The molecule has 0 radical (unpaired) electrons. The maximum absolute atomic E-state index is 11.7. The third kappa shape index (κ3) is 3.92. The van der Waals surface area contributed by atoms with Crippen molar-refractivity contribution in [1.29, 1.82) is 0 Å². The molecule has 0 aliphatic heterocycles. The first kappa shape index (κ1) is 15.9. The number of likely N-dealkylation sites (N-methyl/N-ethyl adjacent to an activating group) is 2. The Bertz CT molecular complexity index is 491. The molecule has 0 aliphatic carbocycles. The van der Waals surface area contributed by atoms with E-state index in [-0.39, 0.29) is 11.6 Å². The van der Waals surface area contributed by atoms with E-state index < -0.39 is 4.92 Å². The monoisotopic (exact) mass is 280 g/mol. The zero-order chi connectivity index (χ0) is 15.1. The molecular formula is C13H20N4O3. The van der Waals surface area contributed by atoms with Gasteiger partial charge in [-0.1, -0.05) is 0 Å². The van der Waals surface area contributed by atoms with Crippen LogP contribution in [0.4, 0.5) is 11.4 Å². The summed E-state index contributed by atoms with van der Waals surface area (Å²) in [4.78, 5) is 24.2. The molecule has 1 amide bonds. The van der Waals surface area contributed by atoms with Gasteiger partial charge in [-0.05, 0) is 26.1 Å². The van der Waals surface area contributed by atoms with Gasteiger partial charge in [0.25, 0.3) is 11.6 Å². The van der Waals surface area contributed by atoms with E-state index >= 15 is 0 Å². The van der Waals surface area contributed by atoms with E-state index in [1.807, 2.05) is 7.05 Å². The van der Waals surface area contributed by atoms with E-state index in [9.17, 15) is 14.9 Å². The molecule has 110 valence electrons. The predicted molar refractivity (Wildman–Crippen MR) is 78.3 cm³/mol. The summed E-state index contributed by atoms with van der Waals surface area (Å²) in [6.45, 7) is 3.63. The van der Waals surface area contributed by atoms with Crippen molar-refractivity contribution in [2.45, 2.75) is 6.92 Å². The lowest BCUT2D eigenvalue weighted by molar-refractivity contribution is -0.384. The van der Waals surface area contributed by atoms with Crippen LogP contribution in [-0.4, -0.2) is 44.6 Å². The summed E-state index contributed by atoms with van der Waals surface area (Å²) in [5.74, 6) is -0.306. The lowest BCUT2D eigenvalue weighted by atomic mass is 10.1. The Balaban J connectivity index is 3.07. The summed E-state index contributed by atoms with van der Waals surface area (Å²) >= 11 is 0. The minimum Gasteiger partial charge on any atom is -0.368 e. The molecular weight excluding hydrogens is 260 g/mol. The van der Waals surface area contributed by atoms with E-state index in [2.05, 4.69) is 10.6 Å². The zero-order valence-electron chi connectivity index (χ0n) is 12.0. The first-order valence-corrected chi connectivity index (χ1v) is 6.43. The topological polar surface area (TPSA) is 87.5 Å². The average molecular weight is 280 g/mol. The molecule has 0 atom stereocenters. The fourth-order valence-electron chi connectivity index (χ4n) is 1.80. The van der Waals surface area contributed by atoms with Crippen LogP contribution in [0.15, 0.2) is 18.2 Å². The number of nitrogens with zero attached hydrogens (tertiary/aromatic N) is 2. The molecule has 0 spiro atoms.